The molecule has 2 heterocycles. The minimum absolute atomic E-state index is 0.171. The van der Waals surface area contributed by atoms with Crippen LogP contribution in [0, 0.1) is 5.92 Å². The molecule has 0 aromatic carbocycles. The molecule has 1 amide bonds. The summed E-state index contributed by atoms with van der Waals surface area (Å²) < 4.78 is 0. The van der Waals surface area contributed by atoms with Crippen LogP contribution in [-0.2, 0) is 4.79 Å². The number of hydrogen-bond acceptors (Lipinski definition) is 3. The second-order valence-electron chi connectivity index (χ2n) is 7.55. The molecule has 4 nitrogen and oxygen atoms in total. The van der Waals surface area contributed by atoms with E-state index < -0.39 is 0 Å². The predicted octanol–water partition coefficient (Wildman–Crippen LogP) is 2.40. The van der Waals surface area contributed by atoms with Gasteiger partial charge in [0.15, 0.2) is 0 Å². The fourth-order valence-corrected chi connectivity index (χ4v) is 4.49. The Morgan fingerprint density at radius 1 is 0.864 bits per heavy atom. The lowest BCUT2D eigenvalue weighted by molar-refractivity contribution is -0.138. The number of nitrogens with zero attached hydrogens (tertiary/aromatic N) is 2. The van der Waals surface area contributed by atoms with Crippen LogP contribution in [0.1, 0.15) is 64.2 Å². The normalized spacial score (nSPS) is 34.6. The third kappa shape index (κ3) is 4.02. The summed E-state index contributed by atoms with van der Waals surface area (Å²) in [6.45, 7) is 4.47. The van der Waals surface area contributed by atoms with E-state index in [2.05, 4.69) is 9.80 Å². The Balaban J connectivity index is 1.54. The highest BCUT2D eigenvalue weighted by Crippen LogP contribution is 2.29. The van der Waals surface area contributed by atoms with Gasteiger partial charge >= 0.3 is 0 Å². The van der Waals surface area contributed by atoms with Gasteiger partial charge in [-0.2, -0.15) is 0 Å². The molecule has 3 rings (SSSR count). The predicted molar refractivity (Wildman–Crippen MR) is 87.6 cm³/mol. The summed E-state index contributed by atoms with van der Waals surface area (Å²) >= 11 is 0. The molecule has 0 bridgehead atoms. The second-order valence-corrected chi connectivity index (χ2v) is 7.55. The molecule has 0 aromatic heterocycles. The highest BCUT2D eigenvalue weighted by atomic mass is 16.3. The van der Waals surface area contributed by atoms with Gasteiger partial charge in [0.2, 0.25) is 5.91 Å². The van der Waals surface area contributed by atoms with E-state index in [-0.39, 0.29) is 12.0 Å². The Kier molecular flexibility index (Phi) is 5.75. The first-order valence-corrected chi connectivity index (χ1v) is 9.45. The largest absolute Gasteiger partial charge is 0.393 e. The van der Waals surface area contributed by atoms with Crippen molar-refractivity contribution in [3.63, 3.8) is 0 Å². The fourth-order valence-electron chi connectivity index (χ4n) is 4.49. The molecule has 0 aromatic rings. The zero-order chi connectivity index (χ0) is 15.4. The lowest BCUT2D eigenvalue weighted by Gasteiger charge is -2.34. The van der Waals surface area contributed by atoms with Crippen LogP contribution in [0.2, 0.25) is 0 Å². The topological polar surface area (TPSA) is 43.8 Å². The molecule has 22 heavy (non-hydrogen) atoms. The van der Waals surface area contributed by atoms with E-state index in [1.807, 2.05) is 0 Å². The van der Waals surface area contributed by atoms with Crippen LogP contribution in [0.15, 0.2) is 0 Å². The van der Waals surface area contributed by atoms with Gasteiger partial charge in [0.05, 0.1) is 6.10 Å². The van der Waals surface area contributed by atoms with Crippen molar-refractivity contribution in [3.05, 3.63) is 0 Å². The summed E-state index contributed by atoms with van der Waals surface area (Å²) in [5, 5.41) is 9.64. The van der Waals surface area contributed by atoms with Crippen molar-refractivity contribution in [1.29, 1.82) is 0 Å². The highest BCUT2D eigenvalue weighted by Gasteiger charge is 2.35. The third-order valence-corrected chi connectivity index (χ3v) is 5.87. The van der Waals surface area contributed by atoms with Gasteiger partial charge in [0.1, 0.15) is 0 Å². The summed E-state index contributed by atoms with van der Waals surface area (Å²) in [5.41, 5.74) is 0. The number of aliphatic hydroxyl groups is 1. The second kappa shape index (κ2) is 7.78. The van der Waals surface area contributed by atoms with Crippen molar-refractivity contribution < 1.29 is 9.90 Å². The van der Waals surface area contributed by atoms with Crippen molar-refractivity contribution >= 4 is 5.91 Å². The van der Waals surface area contributed by atoms with Crippen LogP contribution >= 0.6 is 0 Å². The number of amides is 1. The molecule has 3 fully saturated rings. The molecule has 1 aliphatic carbocycles. The standard InChI is InChI=1S/C18H32N2O2/c21-17-9-7-15(8-10-17)18(22)20-13-5-6-16(20)14-19-11-3-1-2-4-12-19/h15-17,21H,1-14H2/t15?,16-,17?/m1/s1. The molecule has 0 unspecified atom stereocenters. The molecule has 2 saturated heterocycles. The summed E-state index contributed by atoms with van der Waals surface area (Å²) in [7, 11) is 0. The number of hydrogen-bond donors (Lipinski definition) is 1. The van der Waals surface area contributed by atoms with Crippen molar-refractivity contribution in [3.8, 4) is 0 Å². The van der Waals surface area contributed by atoms with Crippen LogP contribution in [0.25, 0.3) is 0 Å². The average molecular weight is 308 g/mol. The van der Waals surface area contributed by atoms with Crippen molar-refractivity contribution in [1.82, 2.24) is 9.80 Å². The minimum Gasteiger partial charge on any atom is -0.393 e. The van der Waals surface area contributed by atoms with Gasteiger partial charge in [-0.3, -0.25) is 4.79 Å². The van der Waals surface area contributed by atoms with Gasteiger partial charge in [-0.1, -0.05) is 12.8 Å². The molecule has 3 aliphatic rings. The van der Waals surface area contributed by atoms with E-state index in [4.69, 9.17) is 0 Å². The summed E-state index contributed by atoms with van der Waals surface area (Å²) in [4.78, 5) is 17.6. The van der Waals surface area contributed by atoms with E-state index in [1.165, 1.54) is 51.6 Å². The van der Waals surface area contributed by atoms with Gasteiger partial charge < -0.3 is 14.9 Å². The Morgan fingerprint density at radius 3 is 2.23 bits per heavy atom. The molecular formula is C18H32N2O2. The Morgan fingerprint density at radius 2 is 1.55 bits per heavy atom. The van der Waals surface area contributed by atoms with Crippen LogP contribution < -0.4 is 0 Å². The lowest BCUT2D eigenvalue weighted by Crippen LogP contribution is -2.46. The zero-order valence-electron chi connectivity index (χ0n) is 13.9. The molecule has 4 heteroatoms. The summed E-state index contributed by atoms with van der Waals surface area (Å²) in [5.74, 6) is 0.553. The van der Waals surface area contributed by atoms with Gasteiger partial charge in [0, 0.05) is 25.0 Å². The zero-order valence-corrected chi connectivity index (χ0v) is 13.9. The molecule has 1 saturated carbocycles. The smallest absolute Gasteiger partial charge is 0.225 e. The third-order valence-electron chi connectivity index (χ3n) is 5.87. The maximum atomic E-state index is 12.9. The van der Waals surface area contributed by atoms with Gasteiger partial charge in [-0.15, -0.1) is 0 Å². The molecule has 1 N–H and O–H groups in total. The maximum absolute atomic E-state index is 12.9. The molecule has 0 radical (unpaired) electrons. The first-order valence-electron chi connectivity index (χ1n) is 9.45. The van der Waals surface area contributed by atoms with E-state index in [0.717, 1.165) is 38.8 Å². The maximum Gasteiger partial charge on any atom is 0.225 e. The fraction of sp³-hybridized carbons (Fsp3) is 0.944. The van der Waals surface area contributed by atoms with E-state index in [0.29, 0.717) is 11.9 Å². The molecule has 0 spiro atoms. The first-order chi connectivity index (χ1) is 10.7. The first kappa shape index (κ1) is 16.3. The number of aliphatic hydroxyl groups excluding tert-OH is 1. The van der Waals surface area contributed by atoms with E-state index in [9.17, 15) is 9.90 Å². The molecule has 126 valence electrons. The average Bonchev–Trinajstić information content (AvgIpc) is 2.82. The molecule has 2 aliphatic heterocycles. The van der Waals surface area contributed by atoms with Crippen LogP contribution in [0.3, 0.4) is 0 Å². The number of rotatable bonds is 3. The quantitative estimate of drug-likeness (QED) is 0.871. The van der Waals surface area contributed by atoms with Gasteiger partial charge in [-0.05, 0) is 64.5 Å². The van der Waals surface area contributed by atoms with E-state index >= 15 is 0 Å². The minimum atomic E-state index is -0.171. The van der Waals surface area contributed by atoms with Crippen molar-refractivity contribution in [2.24, 2.45) is 5.92 Å². The van der Waals surface area contributed by atoms with Crippen molar-refractivity contribution in [2.75, 3.05) is 26.2 Å². The molecular weight excluding hydrogens is 276 g/mol. The van der Waals surface area contributed by atoms with Crippen LogP contribution in [-0.4, -0.2) is 59.1 Å². The van der Waals surface area contributed by atoms with Gasteiger partial charge in [0.25, 0.3) is 0 Å². The monoisotopic (exact) mass is 308 g/mol. The number of likely N-dealkylation sites (tertiary alicyclic amines) is 2. The Labute approximate surface area is 134 Å². The number of carbonyl (C=O) groups is 1. The Hall–Kier alpha value is -0.610. The Bertz CT molecular complexity index is 358. The summed E-state index contributed by atoms with van der Waals surface area (Å²) in [6.07, 6.45) is 10.9. The highest BCUT2D eigenvalue weighted by molar-refractivity contribution is 5.79. The lowest BCUT2D eigenvalue weighted by atomic mass is 9.86. The molecule has 1 atom stereocenters. The van der Waals surface area contributed by atoms with E-state index in [1.54, 1.807) is 0 Å². The number of carbonyl (C=O) groups excluding carboxylic acids is 1. The van der Waals surface area contributed by atoms with Crippen molar-refractivity contribution in [2.45, 2.75) is 76.4 Å². The summed E-state index contributed by atoms with van der Waals surface area (Å²) in [6, 6.07) is 0.442. The van der Waals surface area contributed by atoms with Crippen LogP contribution in [0.4, 0.5) is 0 Å². The SMILES string of the molecule is O=C(C1CCC(O)CC1)N1CCC[C@@H]1CN1CCCCCC1. The van der Waals surface area contributed by atoms with Crippen LogP contribution in [0.5, 0.6) is 0 Å². The van der Waals surface area contributed by atoms with Gasteiger partial charge in [-0.25, -0.2) is 0 Å².